The number of para-hydroxylation sites is 3. The molecule has 2 aromatic heterocycles. The molecule has 0 atom stereocenters. The van der Waals surface area contributed by atoms with Crippen LogP contribution in [0.3, 0.4) is 0 Å². The second kappa shape index (κ2) is 9.34. The third-order valence-electron chi connectivity index (χ3n) is 9.81. The highest BCUT2D eigenvalue weighted by Gasteiger charge is 2.41. The van der Waals surface area contributed by atoms with Crippen LogP contribution < -0.4 is 21.3 Å². The van der Waals surface area contributed by atoms with E-state index in [4.69, 9.17) is 0 Å². The summed E-state index contributed by atoms with van der Waals surface area (Å²) < 4.78 is 1.36. The van der Waals surface area contributed by atoms with E-state index in [-0.39, 0.29) is 6.71 Å². The fraction of sp³-hybridized carbons (Fsp3) is 0.0244. The van der Waals surface area contributed by atoms with Gasteiger partial charge in [-0.3, -0.25) is 0 Å². The Kier molecular flexibility index (Phi) is 5.20. The number of nitrogens with one attached hydrogen (secondary N) is 1. The Balaban J connectivity index is 1.43. The molecule has 0 aliphatic carbocycles. The topological polar surface area (TPSA) is 19.0 Å². The van der Waals surface area contributed by atoms with Gasteiger partial charge >= 0.3 is 0 Å². The summed E-state index contributed by atoms with van der Waals surface area (Å²) in [7, 11) is 0. The maximum atomic E-state index is 3.86. The minimum Gasteiger partial charge on any atom is -0.355 e. The molecule has 0 bridgehead atoms. The quantitative estimate of drug-likeness (QED) is 0.157. The van der Waals surface area contributed by atoms with Gasteiger partial charge in [0.2, 0.25) is 0 Å². The minimum absolute atomic E-state index is 0.0474. The number of thiophene rings is 1. The molecular weight excluding hydrogens is 563 g/mol. The number of aryl methyl sites for hydroxylation is 1. The van der Waals surface area contributed by atoms with Crippen molar-refractivity contribution >= 4 is 104 Å². The standard InChI is InChI=1S/C41H27BN2S/c1-25-13-11-24-35-37(25)42(33-22-12-21-31-29-18-9-10-23-34(29)43-39(31)33)38-36-30-19-7-5-16-27(30)28-17-6-8-20-32(28)40(36)45-41(38)44(35)26-14-3-2-4-15-26/h2-24,43H,1H3. The van der Waals surface area contributed by atoms with Crippen LogP contribution in [0, 0.1) is 6.92 Å². The third kappa shape index (κ3) is 3.40. The average Bonchev–Trinajstić information content (AvgIpc) is 3.68. The van der Waals surface area contributed by atoms with E-state index in [0.717, 1.165) is 0 Å². The molecule has 1 aliphatic heterocycles. The van der Waals surface area contributed by atoms with Crippen molar-refractivity contribution in [3.05, 3.63) is 145 Å². The molecule has 0 radical (unpaired) electrons. The zero-order valence-electron chi connectivity index (χ0n) is 24.7. The number of nitrogens with zero attached hydrogens (tertiary/aromatic N) is 1. The van der Waals surface area contributed by atoms with Crippen LogP contribution >= 0.6 is 11.3 Å². The molecule has 0 saturated carbocycles. The number of aromatic nitrogens is 1. The Morgan fingerprint density at radius 1 is 0.556 bits per heavy atom. The molecule has 0 fully saturated rings. The number of benzene rings is 7. The van der Waals surface area contributed by atoms with Crippen molar-refractivity contribution in [2.24, 2.45) is 0 Å². The lowest BCUT2D eigenvalue weighted by Crippen LogP contribution is -2.57. The van der Waals surface area contributed by atoms with Crippen molar-refractivity contribution in [2.75, 3.05) is 4.90 Å². The van der Waals surface area contributed by atoms with Crippen molar-refractivity contribution in [2.45, 2.75) is 6.92 Å². The number of fused-ring (bicyclic) bond motifs is 12. The van der Waals surface area contributed by atoms with Crippen LogP contribution in [0.2, 0.25) is 0 Å². The Hall–Kier alpha value is -5.32. The highest BCUT2D eigenvalue weighted by Crippen LogP contribution is 2.47. The molecule has 0 unspecified atom stereocenters. The molecule has 3 heterocycles. The van der Waals surface area contributed by atoms with Gasteiger partial charge in [-0.15, -0.1) is 11.3 Å². The lowest BCUT2D eigenvalue weighted by molar-refractivity contribution is 1.31. The van der Waals surface area contributed by atoms with Crippen LogP contribution in [0.15, 0.2) is 140 Å². The molecule has 1 aliphatic rings. The van der Waals surface area contributed by atoms with Crippen molar-refractivity contribution in [3.8, 4) is 0 Å². The Morgan fingerprint density at radius 3 is 2.02 bits per heavy atom. The van der Waals surface area contributed by atoms with E-state index in [9.17, 15) is 0 Å². The van der Waals surface area contributed by atoms with Crippen LogP contribution in [0.4, 0.5) is 16.4 Å². The van der Waals surface area contributed by atoms with Crippen LogP contribution in [0.1, 0.15) is 5.56 Å². The second-order valence-corrected chi connectivity index (χ2v) is 13.2. The van der Waals surface area contributed by atoms with E-state index in [1.807, 2.05) is 11.3 Å². The van der Waals surface area contributed by atoms with Gasteiger partial charge in [0.05, 0.1) is 5.00 Å². The summed E-state index contributed by atoms with van der Waals surface area (Å²) in [6.07, 6.45) is 0. The number of hydrogen-bond donors (Lipinski definition) is 1. The molecule has 2 nitrogen and oxygen atoms in total. The van der Waals surface area contributed by atoms with Gasteiger partial charge in [-0.1, -0.05) is 121 Å². The monoisotopic (exact) mass is 590 g/mol. The molecule has 10 rings (SSSR count). The van der Waals surface area contributed by atoms with E-state index in [2.05, 4.69) is 156 Å². The van der Waals surface area contributed by atoms with Crippen LogP contribution in [-0.2, 0) is 0 Å². The molecule has 7 aromatic carbocycles. The average molecular weight is 591 g/mol. The number of anilines is 3. The van der Waals surface area contributed by atoms with Crippen molar-refractivity contribution in [1.29, 1.82) is 0 Å². The summed E-state index contributed by atoms with van der Waals surface area (Å²) in [6, 6.07) is 51.2. The van der Waals surface area contributed by atoms with E-state index in [0.29, 0.717) is 0 Å². The van der Waals surface area contributed by atoms with Gasteiger partial charge in [-0.25, -0.2) is 0 Å². The molecule has 0 saturated heterocycles. The Bertz CT molecular complexity index is 2630. The van der Waals surface area contributed by atoms with E-state index in [1.165, 1.54) is 91.8 Å². The first-order valence-corrected chi connectivity index (χ1v) is 16.4. The van der Waals surface area contributed by atoms with Gasteiger partial charge in [0.1, 0.15) is 0 Å². The Morgan fingerprint density at radius 2 is 1.20 bits per heavy atom. The third-order valence-corrected chi connectivity index (χ3v) is 11.0. The SMILES string of the molecule is Cc1cccc2c1B(c1cccc3c1[nH]c1ccccc13)c1c(sc3c4ccccc4c4ccccc4c13)N2c1ccccc1. The van der Waals surface area contributed by atoms with Gasteiger partial charge in [-0.2, -0.15) is 0 Å². The van der Waals surface area contributed by atoms with E-state index < -0.39 is 0 Å². The first-order valence-electron chi connectivity index (χ1n) is 15.6. The molecule has 4 heteroatoms. The fourth-order valence-electron chi connectivity index (χ4n) is 7.95. The maximum Gasteiger partial charge on any atom is 0.251 e. The lowest BCUT2D eigenvalue weighted by Gasteiger charge is -2.36. The van der Waals surface area contributed by atoms with Gasteiger partial charge in [0, 0.05) is 43.3 Å². The predicted octanol–water partition coefficient (Wildman–Crippen LogP) is 9.45. The highest BCUT2D eigenvalue weighted by molar-refractivity contribution is 7.27. The molecule has 0 amide bonds. The zero-order valence-corrected chi connectivity index (χ0v) is 25.5. The normalized spacial score (nSPS) is 12.9. The number of rotatable bonds is 2. The maximum absolute atomic E-state index is 3.86. The van der Waals surface area contributed by atoms with E-state index in [1.54, 1.807) is 0 Å². The summed E-state index contributed by atoms with van der Waals surface area (Å²) in [4.78, 5) is 6.39. The smallest absolute Gasteiger partial charge is 0.251 e. The molecule has 1 N–H and O–H groups in total. The van der Waals surface area contributed by atoms with Gasteiger partial charge in [-0.05, 0) is 69.1 Å². The summed E-state index contributed by atoms with van der Waals surface area (Å²) in [5.41, 5.74) is 10.2. The number of H-pyrrole nitrogens is 1. The second-order valence-electron chi connectivity index (χ2n) is 12.2. The summed E-state index contributed by atoms with van der Waals surface area (Å²) in [5.74, 6) is 0. The van der Waals surface area contributed by atoms with Crippen LogP contribution in [0.25, 0.3) is 53.4 Å². The highest BCUT2D eigenvalue weighted by atomic mass is 32.1. The van der Waals surface area contributed by atoms with Gasteiger partial charge in [0.15, 0.2) is 0 Å². The van der Waals surface area contributed by atoms with Crippen LogP contribution in [-0.4, -0.2) is 11.7 Å². The van der Waals surface area contributed by atoms with Crippen molar-refractivity contribution in [1.82, 2.24) is 4.98 Å². The summed E-state index contributed by atoms with van der Waals surface area (Å²) in [5, 5.41) is 10.5. The van der Waals surface area contributed by atoms with Gasteiger partial charge in [0.25, 0.3) is 6.71 Å². The van der Waals surface area contributed by atoms with E-state index >= 15 is 0 Å². The van der Waals surface area contributed by atoms with Crippen molar-refractivity contribution in [3.63, 3.8) is 0 Å². The summed E-state index contributed by atoms with van der Waals surface area (Å²) >= 11 is 1.94. The first-order chi connectivity index (χ1) is 22.3. The zero-order chi connectivity index (χ0) is 29.6. The fourth-order valence-corrected chi connectivity index (χ4v) is 9.37. The molecule has 9 aromatic rings. The molecule has 0 spiro atoms. The Labute approximate surface area is 265 Å². The molecule has 210 valence electrons. The lowest BCUT2D eigenvalue weighted by atomic mass is 9.34. The number of hydrogen-bond acceptors (Lipinski definition) is 2. The van der Waals surface area contributed by atoms with Gasteiger partial charge < -0.3 is 9.88 Å². The predicted molar refractivity (Wildman–Crippen MR) is 197 cm³/mol. The molecule has 45 heavy (non-hydrogen) atoms. The largest absolute Gasteiger partial charge is 0.355 e. The summed E-state index contributed by atoms with van der Waals surface area (Å²) in [6.45, 7) is 2.33. The minimum atomic E-state index is 0.0474. The number of aromatic amines is 1. The molecular formula is C41H27BN2S. The van der Waals surface area contributed by atoms with Crippen molar-refractivity contribution < 1.29 is 0 Å². The van der Waals surface area contributed by atoms with Crippen LogP contribution in [0.5, 0.6) is 0 Å². The first kappa shape index (κ1) is 25.1.